The number of fused-ring (bicyclic) bond motifs is 1. The Hall–Kier alpha value is -2.08. The Labute approximate surface area is 143 Å². The third-order valence-corrected chi connectivity index (χ3v) is 4.02. The zero-order valence-electron chi connectivity index (χ0n) is 15.0. The molecule has 2 rings (SSSR count). The van der Waals surface area contributed by atoms with Crippen LogP contribution >= 0.6 is 0 Å². The first-order valence-corrected chi connectivity index (χ1v) is 8.60. The Kier molecular flexibility index (Phi) is 6.20. The fourth-order valence-electron chi connectivity index (χ4n) is 2.86. The van der Waals surface area contributed by atoms with Crippen molar-refractivity contribution in [1.29, 1.82) is 0 Å². The maximum Gasteiger partial charge on any atom is 0.317 e. The molecule has 1 aromatic heterocycles. The second-order valence-corrected chi connectivity index (χ2v) is 6.34. The smallest absolute Gasteiger partial charge is 0.317 e. The zero-order chi connectivity index (χ0) is 17.7. The van der Waals surface area contributed by atoms with Crippen molar-refractivity contribution in [1.82, 2.24) is 19.8 Å². The topological polar surface area (TPSA) is 70.4 Å². The summed E-state index contributed by atoms with van der Waals surface area (Å²) < 4.78 is 2.18. The number of aliphatic hydroxyl groups is 1. The van der Waals surface area contributed by atoms with Gasteiger partial charge in [0.05, 0.1) is 17.1 Å². The highest BCUT2D eigenvalue weighted by molar-refractivity contribution is 5.76. The minimum absolute atomic E-state index is 0.0415. The molecule has 0 spiro atoms. The number of para-hydroxylation sites is 2. The summed E-state index contributed by atoms with van der Waals surface area (Å²) in [4.78, 5) is 18.6. The molecule has 0 radical (unpaired) electrons. The molecule has 1 heterocycles. The van der Waals surface area contributed by atoms with Gasteiger partial charge in [-0.15, -0.1) is 0 Å². The normalized spacial score (nSPS) is 12.6. The van der Waals surface area contributed by atoms with Crippen LogP contribution < -0.4 is 5.32 Å². The van der Waals surface area contributed by atoms with E-state index in [0.29, 0.717) is 19.5 Å². The Morgan fingerprint density at radius 3 is 2.67 bits per heavy atom. The monoisotopic (exact) mass is 332 g/mol. The number of aryl methyl sites for hydroxylation is 1. The molecule has 1 aromatic carbocycles. The first-order valence-electron chi connectivity index (χ1n) is 8.60. The van der Waals surface area contributed by atoms with Crippen LogP contribution in [0.15, 0.2) is 24.3 Å². The molecule has 24 heavy (non-hydrogen) atoms. The van der Waals surface area contributed by atoms with Gasteiger partial charge in [0.2, 0.25) is 0 Å². The molecule has 0 saturated carbocycles. The highest BCUT2D eigenvalue weighted by atomic mass is 16.3. The van der Waals surface area contributed by atoms with Gasteiger partial charge >= 0.3 is 6.03 Å². The van der Waals surface area contributed by atoms with Crippen molar-refractivity contribution >= 4 is 17.1 Å². The molecule has 1 unspecified atom stereocenters. The molecule has 0 saturated heterocycles. The molecule has 6 nitrogen and oxygen atoms in total. The lowest BCUT2D eigenvalue weighted by Gasteiger charge is -2.28. The minimum atomic E-state index is -0.539. The van der Waals surface area contributed by atoms with E-state index in [1.807, 2.05) is 32.0 Å². The number of carbonyl (C=O) groups is 1. The summed E-state index contributed by atoms with van der Waals surface area (Å²) >= 11 is 0. The van der Waals surface area contributed by atoms with Crippen molar-refractivity contribution in [2.75, 3.05) is 13.1 Å². The van der Waals surface area contributed by atoms with Crippen LogP contribution in [0, 0.1) is 0 Å². The highest BCUT2D eigenvalue weighted by Crippen LogP contribution is 2.16. The summed E-state index contributed by atoms with van der Waals surface area (Å²) in [6.07, 6.45) is 0.136. The second-order valence-electron chi connectivity index (χ2n) is 6.34. The lowest BCUT2D eigenvalue weighted by molar-refractivity contribution is 0.119. The van der Waals surface area contributed by atoms with Gasteiger partial charge in [0, 0.05) is 32.1 Å². The van der Waals surface area contributed by atoms with Gasteiger partial charge < -0.3 is 19.9 Å². The van der Waals surface area contributed by atoms with Crippen molar-refractivity contribution in [2.45, 2.75) is 52.8 Å². The molecule has 0 aliphatic rings. The number of hydrogen-bond donors (Lipinski definition) is 2. The van der Waals surface area contributed by atoms with Gasteiger partial charge in [0.1, 0.15) is 5.82 Å². The number of hydrogen-bond acceptors (Lipinski definition) is 3. The fraction of sp³-hybridized carbons (Fsp3) is 0.556. The Balaban J connectivity index is 1.99. The Morgan fingerprint density at radius 1 is 1.33 bits per heavy atom. The Bertz CT molecular complexity index is 679. The summed E-state index contributed by atoms with van der Waals surface area (Å²) in [5, 5.41) is 12.5. The number of aromatic nitrogens is 2. The highest BCUT2D eigenvalue weighted by Gasteiger charge is 2.18. The van der Waals surface area contributed by atoms with Crippen molar-refractivity contribution in [3.63, 3.8) is 0 Å². The predicted molar refractivity (Wildman–Crippen MR) is 96.0 cm³/mol. The van der Waals surface area contributed by atoms with Crippen LogP contribution in [0.5, 0.6) is 0 Å². The van der Waals surface area contributed by atoms with Crippen molar-refractivity contribution in [2.24, 2.45) is 0 Å². The van der Waals surface area contributed by atoms with Gasteiger partial charge in [0.25, 0.3) is 0 Å². The van der Waals surface area contributed by atoms with Crippen molar-refractivity contribution in [3.8, 4) is 0 Å². The lowest BCUT2D eigenvalue weighted by atomic mass is 10.3. The van der Waals surface area contributed by atoms with E-state index in [1.165, 1.54) is 0 Å². The number of carbonyl (C=O) groups excluding carboxylic acids is 1. The molecule has 2 aromatic rings. The predicted octanol–water partition coefficient (Wildman–Crippen LogP) is 2.40. The van der Waals surface area contributed by atoms with E-state index < -0.39 is 6.10 Å². The summed E-state index contributed by atoms with van der Waals surface area (Å²) in [6.45, 7) is 9.37. The molecule has 2 N–H and O–H groups in total. The second kappa shape index (κ2) is 8.15. The number of nitrogens with one attached hydrogen (secondary N) is 1. The third kappa shape index (κ3) is 4.26. The van der Waals surface area contributed by atoms with E-state index in [9.17, 15) is 9.90 Å². The van der Waals surface area contributed by atoms with Gasteiger partial charge in [-0.2, -0.15) is 0 Å². The van der Waals surface area contributed by atoms with Gasteiger partial charge in [-0.1, -0.05) is 12.1 Å². The molecule has 2 amide bonds. The molecular formula is C18H28N4O2. The first kappa shape index (κ1) is 18.3. The maximum atomic E-state index is 12.3. The Morgan fingerprint density at radius 2 is 2.04 bits per heavy atom. The van der Waals surface area contributed by atoms with E-state index in [4.69, 9.17) is 0 Å². The van der Waals surface area contributed by atoms with Crippen LogP contribution in [0.2, 0.25) is 0 Å². The number of rotatable bonds is 7. The van der Waals surface area contributed by atoms with Crippen molar-refractivity contribution < 1.29 is 9.90 Å². The average Bonchev–Trinajstić information content (AvgIpc) is 2.89. The summed E-state index contributed by atoms with van der Waals surface area (Å²) in [7, 11) is 0. The molecule has 1 atom stereocenters. The molecule has 0 bridgehead atoms. The minimum Gasteiger partial charge on any atom is -0.392 e. The number of imidazole rings is 1. The molecule has 0 fully saturated rings. The number of urea groups is 1. The van der Waals surface area contributed by atoms with Crippen LogP contribution in [-0.4, -0.2) is 50.8 Å². The van der Waals surface area contributed by atoms with E-state index in [-0.39, 0.29) is 12.1 Å². The molecule has 6 heteroatoms. The maximum absolute atomic E-state index is 12.3. The zero-order valence-corrected chi connectivity index (χ0v) is 15.0. The molecule has 0 aliphatic carbocycles. The van der Waals surface area contributed by atoms with Crippen LogP contribution in [0.25, 0.3) is 11.0 Å². The number of nitrogens with zero attached hydrogens (tertiary/aromatic N) is 3. The number of amides is 2. The van der Waals surface area contributed by atoms with E-state index in [1.54, 1.807) is 11.8 Å². The third-order valence-electron chi connectivity index (χ3n) is 4.02. The van der Waals surface area contributed by atoms with Crippen LogP contribution in [0.4, 0.5) is 4.79 Å². The fourth-order valence-corrected chi connectivity index (χ4v) is 2.86. The molecular weight excluding hydrogens is 304 g/mol. The van der Waals surface area contributed by atoms with Gasteiger partial charge in [-0.3, -0.25) is 0 Å². The van der Waals surface area contributed by atoms with E-state index in [2.05, 4.69) is 27.9 Å². The summed E-state index contributed by atoms with van der Waals surface area (Å²) in [5.74, 6) is 0.977. The van der Waals surface area contributed by atoms with Crippen molar-refractivity contribution in [3.05, 3.63) is 30.1 Å². The van der Waals surface area contributed by atoms with Crippen LogP contribution in [-0.2, 0) is 13.0 Å². The van der Waals surface area contributed by atoms with Gasteiger partial charge in [0.15, 0.2) is 0 Å². The molecule has 0 aliphatic heterocycles. The largest absolute Gasteiger partial charge is 0.392 e. The number of aliphatic hydroxyl groups excluding tert-OH is 1. The first-order chi connectivity index (χ1) is 11.4. The van der Waals surface area contributed by atoms with Crippen LogP contribution in [0.3, 0.4) is 0 Å². The standard InChI is InChI=1S/C18H28N4O2/c1-5-21-16-9-7-6-8-15(16)20-17(21)10-11-19-18(24)22(13(2)3)12-14(4)23/h6-9,13-14,23H,5,10-12H2,1-4H3,(H,19,24). The lowest BCUT2D eigenvalue weighted by Crippen LogP contribution is -2.47. The summed E-state index contributed by atoms with van der Waals surface area (Å²) in [6, 6.07) is 7.96. The summed E-state index contributed by atoms with van der Waals surface area (Å²) in [5.41, 5.74) is 2.11. The number of benzene rings is 1. The van der Waals surface area contributed by atoms with Gasteiger partial charge in [-0.05, 0) is 39.8 Å². The van der Waals surface area contributed by atoms with E-state index in [0.717, 1.165) is 23.4 Å². The average molecular weight is 332 g/mol. The van der Waals surface area contributed by atoms with E-state index >= 15 is 0 Å². The SMILES string of the molecule is CCn1c(CCNC(=O)N(CC(C)O)C(C)C)nc2ccccc21. The molecule has 132 valence electrons. The van der Waals surface area contributed by atoms with Gasteiger partial charge in [-0.25, -0.2) is 9.78 Å². The quantitative estimate of drug-likeness (QED) is 0.818. The van der Waals surface area contributed by atoms with Crippen LogP contribution in [0.1, 0.15) is 33.5 Å².